The zero-order valence-electron chi connectivity index (χ0n) is 17.0. The Balaban J connectivity index is 2.30. The van der Waals surface area contributed by atoms with E-state index in [0.29, 0.717) is 30.1 Å². The maximum absolute atomic E-state index is 12.1. The Labute approximate surface area is 157 Å². The molecule has 0 heterocycles. The number of aliphatic imine (C=N–C) groups is 1. The van der Waals surface area contributed by atoms with Crippen LogP contribution < -0.4 is 20.7 Å². The van der Waals surface area contributed by atoms with Crippen LogP contribution in [0.25, 0.3) is 0 Å². The molecule has 1 rings (SSSR count). The van der Waals surface area contributed by atoms with E-state index in [1.165, 1.54) is 0 Å². The first-order valence-corrected chi connectivity index (χ1v) is 9.14. The largest absolute Gasteiger partial charge is 0.497 e. The molecule has 1 aromatic carbocycles. The summed E-state index contributed by atoms with van der Waals surface area (Å²) in [5.74, 6) is 1.39. The van der Waals surface area contributed by atoms with Gasteiger partial charge in [-0.05, 0) is 49.4 Å². The lowest BCUT2D eigenvalue weighted by Crippen LogP contribution is -2.45. The summed E-state index contributed by atoms with van der Waals surface area (Å²) in [4.78, 5) is 16.3. The highest BCUT2D eigenvalue weighted by molar-refractivity contribution is 5.94. The third kappa shape index (κ3) is 8.74. The molecule has 3 N–H and O–H groups in total. The fourth-order valence-corrected chi connectivity index (χ4v) is 2.35. The highest BCUT2D eigenvalue weighted by Crippen LogP contribution is 2.21. The third-order valence-electron chi connectivity index (χ3n) is 3.99. The summed E-state index contributed by atoms with van der Waals surface area (Å²) in [6.45, 7) is 10.0. The fourth-order valence-electron chi connectivity index (χ4n) is 2.35. The average molecular weight is 363 g/mol. The van der Waals surface area contributed by atoms with Crippen molar-refractivity contribution in [1.82, 2.24) is 16.0 Å². The molecule has 0 saturated carbocycles. The Morgan fingerprint density at radius 1 is 1.15 bits per heavy atom. The highest BCUT2D eigenvalue weighted by Gasteiger charge is 2.13. The number of hydrogen-bond donors (Lipinski definition) is 3. The molecule has 1 aromatic rings. The second-order valence-corrected chi connectivity index (χ2v) is 7.63. The van der Waals surface area contributed by atoms with Crippen LogP contribution in [0.3, 0.4) is 0 Å². The number of ether oxygens (including phenoxy) is 1. The number of nitrogens with one attached hydrogen (secondary N) is 3. The van der Waals surface area contributed by atoms with Crippen LogP contribution in [0, 0.1) is 5.41 Å². The zero-order chi connectivity index (χ0) is 19.6. The molecule has 0 fully saturated rings. The Bertz CT molecular complexity index is 576. The SMILES string of the molecule is CN=C(NCCNC(=O)c1ccc(OC)cc1)NC(C)CCC(C)(C)C. The molecule has 0 aliphatic rings. The van der Waals surface area contributed by atoms with E-state index in [9.17, 15) is 4.79 Å². The van der Waals surface area contributed by atoms with E-state index in [1.807, 2.05) is 0 Å². The number of carbonyl (C=O) groups is 1. The Morgan fingerprint density at radius 3 is 2.31 bits per heavy atom. The summed E-state index contributed by atoms with van der Waals surface area (Å²) >= 11 is 0. The molecule has 0 aliphatic carbocycles. The highest BCUT2D eigenvalue weighted by atomic mass is 16.5. The monoisotopic (exact) mass is 362 g/mol. The number of nitrogens with zero attached hydrogens (tertiary/aromatic N) is 1. The standard InChI is InChI=1S/C20H34N4O2/c1-15(11-12-20(2,3)4)24-19(21-5)23-14-13-22-18(25)16-7-9-17(26-6)10-8-16/h7-10,15H,11-14H2,1-6H3,(H,22,25)(H2,21,23,24). The molecule has 1 amide bonds. The number of hydrogen-bond acceptors (Lipinski definition) is 3. The number of methoxy groups -OCH3 is 1. The van der Waals surface area contributed by atoms with Gasteiger partial charge in [-0.25, -0.2) is 0 Å². The lowest BCUT2D eigenvalue weighted by molar-refractivity contribution is 0.0954. The average Bonchev–Trinajstić information content (AvgIpc) is 2.61. The summed E-state index contributed by atoms with van der Waals surface area (Å²) < 4.78 is 5.09. The van der Waals surface area contributed by atoms with Crippen LogP contribution >= 0.6 is 0 Å². The van der Waals surface area contributed by atoms with Gasteiger partial charge in [-0.1, -0.05) is 20.8 Å². The molecule has 0 spiro atoms. The summed E-state index contributed by atoms with van der Waals surface area (Å²) in [6.07, 6.45) is 2.23. The summed E-state index contributed by atoms with van der Waals surface area (Å²) in [6, 6.07) is 7.39. The second kappa shape index (κ2) is 10.7. The van der Waals surface area contributed by atoms with Crippen molar-refractivity contribution in [3.8, 4) is 5.75 Å². The van der Waals surface area contributed by atoms with E-state index in [-0.39, 0.29) is 5.91 Å². The van der Waals surface area contributed by atoms with Crippen LogP contribution in [-0.4, -0.2) is 45.2 Å². The minimum Gasteiger partial charge on any atom is -0.497 e. The van der Waals surface area contributed by atoms with Gasteiger partial charge >= 0.3 is 0 Å². The van der Waals surface area contributed by atoms with Crippen LogP contribution in [0.1, 0.15) is 50.9 Å². The molecular weight excluding hydrogens is 328 g/mol. The van der Waals surface area contributed by atoms with Gasteiger partial charge in [0.25, 0.3) is 5.91 Å². The van der Waals surface area contributed by atoms with Crippen molar-refractivity contribution in [2.45, 2.75) is 46.6 Å². The van der Waals surface area contributed by atoms with Gasteiger partial charge < -0.3 is 20.7 Å². The van der Waals surface area contributed by atoms with E-state index in [1.54, 1.807) is 38.4 Å². The predicted octanol–water partition coefficient (Wildman–Crippen LogP) is 2.80. The fraction of sp³-hybridized carbons (Fsp3) is 0.600. The molecule has 26 heavy (non-hydrogen) atoms. The summed E-state index contributed by atoms with van der Waals surface area (Å²) in [5, 5.41) is 9.50. The van der Waals surface area contributed by atoms with Crippen LogP contribution in [0.5, 0.6) is 5.75 Å². The topological polar surface area (TPSA) is 74.8 Å². The van der Waals surface area contributed by atoms with Crippen molar-refractivity contribution in [2.24, 2.45) is 10.4 Å². The number of rotatable bonds is 8. The predicted molar refractivity (Wildman–Crippen MR) is 108 cm³/mol. The van der Waals surface area contributed by atoms with Crippen molar-refractivity contribution >= 4 is 11.9 Å². The number of benzene rings is 1. The van der Waals surface area contributed by atoms with E-state index in [2.05, 4.69) is 48.6 Å². The molecule has 0 radical (unpaired) electrons. The molecule has 1 unspecified atom stereocenters. The van der Waals surface area contributed by atoms with Crippen LogP contribution in [0.15, 0.2) is 29.3 Å². The summed E-state index contributed by atoms with van der Waals surface area (Å²) in [7, 11) is 3.35. The van der Waals surface area contributed by atoms with Crippen LogP contribution in [0.2, 0.25) is 0 Å². The maximum atomic E-state index is 12.1. The molecule has 0 aromatic heterocycles. The van der Waals surface area contributed by atoms with E-state index < -0.39 is 0 Å². The first kappa shape index (κ1) is 21.8. The van der Waals surface area contributed by atoms with Gasteiger partial charge in [0, 0.05) is 31.7 Å². The Kier molecular flexibility index (Phi) is 8.96. The van der Waals surface area contributed by atoms with Gasteiger partial charge in [0.05, 0.1) is 7.11 Å². The molecule has 6 nitrogen and oxygen atoms in total. The molecule has 0 saturated heterocycles. The number of carbonyl (C=O) groups excluding carboxylic acids is 1. The van der Waals surface area contributed by atoms with Crippen molar-refractivity contribution < 1.29 is 9.53 Å². The lowest BCUT2D eigenvalue weighted by atomic mass is 9.89. The van der Waals surface area contributed by atoms with E-state index in [4.69, 9.17) is 4.74 Å². The van der Waals surface area contributed by atoms with Gasteiger partial charge in [-0.3, -0.25) is 9.79 Å². The van der Waals surface area contributed by atoms with Gasteiger partial charge in [-0.2, -0.15) is 0 Å². The minimum absolute atomic E-state index is 0.101. The summed E-state index contributed by atoms with van der Waals surface area (Å²) in [5.41, 5.74) is 0.947. The molecule has 146 valence electrons. The molecule has 1 atom stereocenters. The maximum Gasteiger partial charge on any atom is 0.251 e. The zero-order valence-corrected chi connectivity index (χ0v) is 17.0. The van der Waals surface area contributed by atoms with Crippen LogP contribution in [-0.2, 0) is 0 Å². The van der Waals surface area contributed by atoms with Gasteiger partial charge in [-0.15, -0.1) is 0 Å². The normalized spacial score (nSPS) is 13.1. The molecular formula is C20H34N4O2. The molecule has 6 heteroatoms. The second-order valence-electron chi connectivity index (χ2n) is 7.63. The first-order valence-electron chi connectivity index (χ1n) is 9.14. The van der Waals surface area contributed by atoms with Gasteiger partial charge in [0.15, 0.2) is 5.96 Å². The Morgan fingerprint density at radius 2 is 1.77 bits per heavy atom. The minimum atomic E-state index is -0.101. The van der Waals surface area contributed by atoms with E-state index >= 15 is 0 Å². The van der Waals surface area contributed by atoms with Crippen LogP contribution in [0.4, 0.5) is 0 Å². The van der Waals surface area contributed by atoms with Gasteiger partial charge in [0.2, 0.25) is 0 Å². The molecule has 0 aliphatic heterocycles. The van der Waals surface area contributed by atoms with Crippen molar-refractivity contribution in [3.05, 3.63) is 29.8 Å². The Hall–Kier alpha value is -2.24. The first-order chi connectivity index (χ1) is 12.2. The van der Waals surface area contributed by atoms with Crippen molar-refractivity contribution in [1.29, 1.82) is 0 Å². The van der Waals surface area contributed by atoms with E-state index in [0.717, 1.165) is 24.6 Å². The van der Waals surface area contributed by atoms with Crippen molar-refractivity contribution in [2.75, 3.05) is 27.2 Å². The smallest absolute Gasteiger partial charge is 0.251 e. The lowest BCUT2D eigenvalue weighted by Gasteiger charge is -2.23. The molecule has 0 bridgehead atoms. The third-order valence-corrected chi connectivity index (χ3v) is 3.99. The van der Waals surface area contributed by atoms with Crippen molar-refractivity contribution in [3.63, 3.8) is 0 Å². The quantitative estimate of drug-likeness (QED) is 0.378. The van der Waals surface area contributed by atoms with Gasteiger partial charge in [0.1, 0.15) is 5.75 Å². The number of guanidine groups is 1. The number of amides is 1.